The third-order valence-electron chi connectivity index (χ3n) is 4.00. The smallest absolute Gasteiger partial charge is 0.242 e. The molecule has 6 nitrogen and oxygen atoms in total. The molecule has 1 aromatic heterocycles. The molecule has 0 bridgehead atoms. The molecular weight excluding hydrogens is 316 g/mol. The standard InChI is InChI=1S/C19H20N4O2/c1-22(2)15-9-7-14(8-10-15)11-20-19(25)13-23-17-6-4-3-5-16(17)18(24)12-21-23/h3-10,12H,11,13H2,1-2H3,(H,20,25). The summed E-state index contributed by atoms with van der Waals surface area (Å²) in [4.78, 5) is 26.1. The molecule has 128 valence electrons. The van der Waals surface area contributed by atoms with Crippen molar-refractivity contribution in [2.24, 2.45) is 0 Å². The van der Waals surface area contributed by atoms with Crippen LogP contribution in [0.2, 0.25) is 0 Å². The lowest BCUT2D eigenvalue weighted by atomic mass is 10.2. The van der Waals surface area contributed by atoms with Gasteiger partial charge in [-0.15, -0.1) is 0 Å². The summed E-state index contributed by atoms with van der Waals surface area (Å²) in [5, 5.41) is 7.51. The van der Waals surface area contributed by atoms with Crippen LogP contribution in [0.25, 0.3) is 10.9 Å². The summed E-state index contributed by atoms with van der Waals surface area (Å²) in [6.45, 7) is 0.515. The van der Waals surface area contributed by atoms with Crippen molar-refractivity contribution < 1.29 is 4.79 Å². The lowest BCUT2D eigenvalue weighted by Crippen LogP contribution is -2.28. The minimum absolute atomic E-state index is 0.0660. The van der Waals surface area contributed by atoms with Gasteiger partial charge in [0.05, 0.1) is 11.7 Å². The molecule has 0 aliphatic heterocycles. The first kappa shape index (κ1) is 16.7. The van der Waals surface area contributed by atoms with Gasteiger partial charge < -0.3 is 10.2 Å². The summed E-state index contributed by atoms with van der Waals surface area (Å²) in [6.07, 6.45) is 1.25. The number of para-hydroxylation sites is 1. The highest BCUT2D eigenvalue weighted by Gasteiger charge is 2.08. The quantitative estimate of drug-likeness (QED) is 0.771. The van der Waals surface area contributed by atoms with Gasteiger partial charge in [-0.3, -0.25) is 14.3 Å². The van der Waals surface area contributed by atoms with Gasteiger partial charge in [0, 0.05) is 31.7 Å². The Morgan fingerprint density at radius 2 is 1.84 bits per heavy atom. The van der Waals surface area contributed by atoms with E-state index in [0.29, 0.717) is 17.4 Å². The van der Waals surface area contributed by atoms with Crippen molar-refractivity contribution in [3.8, 4) is 0 Å². The number of nitrogens with zero attached hydrogens (tertiary/aromatic N) is 3. The van der Waals surface area contributed by atoms with Gasteiger partial charge >= 0.3 is 0 Å². The third kappa shape index (κ3) is 3.85. The van der Waals surface area contributed by atoms with Gasteiger partial charge in [0.2, 0.25) is 11.3 Å². The zero-order valence-electron chi connectivity index (χ0n) is 14.3. The van der Waals surface area contributed by atoms with Crippen LogP contribution >= 0.6 is 0 Å². The molecule has 1 N–H and O–H groups in total. The second-order valence-electron chi connectivity index (χ2n) is 6.02. The Labute approximate surface area is 145 Å². The lowest BCUT2D eigenvalue weighted by molar-refractivity contribution is -0.121. The van der Waals surface area contributed by atoms with E-state index in [9.17, 15) is 9.59 Å². The number of rotatable bonds is 5. The van der Waals surface area contributed by atoms with Crippen molar-refractivity contribution >= 4 is 22.5 Å². The van der Waals surface area contributed by atoms with Crippen molar-refractivity contribution in [2.45, 2.75) is 13.1 Å². The normalized spacial score (nSPS) is 10.6. The van der Waals surface area contributed by atoms with Gasteiger partial charge in [-0.2, -0.15) is 5.10 Å². The Morgan fingerprint density at radius 1 is 1.12 bits per heavy atom. The number of aromatic nitrogens is 2. The van der Waals surface area contributed by atoms with Crippen LogP contribution in [-0.2, 0) is 17.9 Å². The van der Waals surface area contributed by atoms with Gasteiger partial charge in [0.1, 0.15) is 6.54 Å². The van der Waals surface area contributed by atoms with E-state index in [0.717, 1.165) is 11.3 Å². The van der Waals surface area contributed by atoms with Crippen LogP contribution in [0.3, 0.4) is 0 Å². The van der Waals surface area contributed by atoms with E-state index in [1.165, 1.54) is 6.20 Å². The average Bonchev–Trinajstić information content (AvgIpc) is 2.63. The fraction of sp³-hybridized carbons (Fsp3) is 0.211. The monoisotopic (exact) mass is 336 g/mol. The van der Waals surface area contributed by atoms with E-state index in [4.69, 9.17) is 0 Å². The van der Waals surface area contributed by atoms with Crippen molar-refractivity contribution in [3.63, 3.8) is 0 Å². The number of hydrogen-bond donors (Lipinski definition) is 1. The van der Waals surface area contributed by atoms with Crippen LogP contribution < -0.4 is 15.6 Å². The molecule has 3 aromatic rings. The van der Waals surface area contributed by atoms with Crippen molar-refractivity contribution in [1.82, 2.24) is 15.1 Å². The van der Waals surface area contributed by atoms with E-state index >= 15 is 0 Å². The number of carbonyl (C=O) groups is 1. The van der Waals surface area contributed by atoms with Gasteiger partial charge in [-0.25, -0.2) is 0 Å². The van der Waals surface area contributed by atoms with Gasteiger partial charge in [-0.1, -0.05) is 24.3 Å². The summed E-state index contributed by atoms with van der Waals surface area (Å²) in [6, 6.07) is 15.1. The number of carbonyl (C=O) groups excluding carboxylic acids is 1. The zero-order valence-corrected chi connectivity index (χ0v) is 14.3. The third-order valence-corrected chi connectivity index (χ3v) is 4.00. The number of amides is 1. The first-order chi connectivity index (χ1) is 12.0. The van der Waals surface area contributed by atoms with Crippen LogP contribution in [0.4, 0.5) is 5.69 Å². The number of anilines is 1. The Balaban J connectivity index is 1.67. The topological polar surface area (TPSA) is 67.2 Å². The van der Waals surface area contributed by atoms with Gasteiger partial charge in [-0.05, 0) is 29.8 Å². The Hall–Kier alpha value is -3.15. The predicted molar refractivity (Wildman–Crippen MR) is 98.6 cm³/mol. The molecule has 6 heteroatoms. The second-order valence-corrected chi connectivity index (χ2v) is 6.02. The lowest BCUT2D eigenvalue weighted by Gasteiger charge is -2.13. The molecule has 3 rings (SSSR count). The second kappa shape index (κ2) is 7.17. The van der Waals surface area contributed by atoms with Crippen molar-refractivity contribution in [3.05, 3.63) is 70.5 Å². The largest absolute Gasteiger partial charge is 0.378 e. The number of nitrogens with one attached hydrogen (secondary N) is 1. The fourth-order valence-electron chi connectivity index (χ4n) is 2.59. The molecule has 0 unspecified atom stereocenters. The highest BCUT2D eigenvalue weighted by atomic mass is 16.2. The maximum atomic E-state index is 12.2. The molecule has 2 aromatic carbocycles. The maximum absolute atomic E-state index is 12.2. The summed E-state index contributed by atoms with van der Waals surface area (Å²) in [5.74, 6) is -0.155. The number of fused-ring (bicyclic) bond motifs is 1. The Kier molecular flexibility index (Phi) is 4.79. The summed E-state index contributed by atoms with van der Waals surface area (Å²) >= 11 is 0. The molecule has 0 atom stereocenters. The predicted octanol–water partition coefficient (Wildman–Crippen LogP) is 1.78. The van der Waals surface area contributed by atoms with E-state index < -0.39 is 0 Å². The first-order valence-corrected chi connectivity index (χ1v) is 8.02. The number of hydrogen-bond acceptors (Lipinski definition) is 4. The maximum Gasteiger partial charge on any atom is 0.242 e. The van der Waals surface area contributed by atoms with E-state index in [2.05, 4.69) is 10.4 Å². The van der Waals surface area contributed by atoms with Crippen LogP contribution in [0, 0.1) is 0 Å². The molecular formula is C19H20N4O2. The molecule has 25 heavy (non-hydrogen) atoms. The van der Waals surface area contributed by atoms with Crippen LogP contribution in [0.15, 0.2) is 59.5 Å². The number of benzene rings is 2. The fourth-order valence-corrected chi connectivity index (χ4v) is 2.59. The van der Waals surface area contributed by atoms with E-state index in [-0.39, 0.29) is 17.9 Å². The highest BCUT2D eigenvalue weighted by molar-refractivity contribution is 5.81. The summed E-state index contributed by atoms with van der Waals surface area (Å²) in [5.41, 5.74) is 2.64. The molecule has 0 aliphatic rings. The molecule has 1 heterocycles. The van der Waals surface area contributed by atoms with Crippen LogP contribution in [0.5, 0.6) is 0 Å². The molecule has 0 radical (unpaired) electrons. The van der Waals surface area contributed by atoms with E-state index in [1.54, 1.807) is 22.9 Å². The molecule has 0 spiro atoms. The Morgan fingerprint density at radius 3 is 2.56 bits per heavy atom. The first-order valence-electron chi connectivity index (χ1n) is 8.02. The van der Waals surface area contributed by atoms with Crippen molar-refractivity contribution in [1.29, 1.82) is 0 Å². The molecule has 1 amide bonds. The summed E-state index contributed by atoms with van der Waals surface area (Å²) < 4.78 is 1.54. The average molecular weight is 336 g/mol. The zero-order chi connectivity index (χ0) is 17.8. The summed E-state index contributed by atoms with van der Waals surface area (Å²) in [7, 11) is 3.97. The van der Waals surface area contributed by atoms with Crippen LogP contribution in [0.1, 0.15) is 5.56 Å². The molecule has 0 aliphatic carbocycles. The van der Waals surface area contributed by atoms with Crippen molar-refractivity contribution in [2.75, 3.05) is 19.0 Å². The minimum Gasteiger partial charge on any atom is -0.378 e. The minimum atomic E-state index is -0.155. The van der Waals surface area contributed by atoms with Gasteiger partial charge in [0.15, 0.2) is 0 Å². The SMILES string of the molecule is CN(C)c1ccc(CNC(=O)Cn2ncc(=O)c3ccccc32)cc1. The molecule has 0 fully saturated rings. The van der Waals surface area contributed by atoms with E-state index in [1.807, 2.05) is 49.3 Å². The molecule has 0 saturated carbocycles. The Bertz CT molecular complexity index is 946. The van der Waals surface area contributed by atoms with Gasteiger partial charge in [0.25, 0.3) is 0 Å². The molecule has 0 saturated heterocycles. The highest BCUT2D eigenvalue weighted by Crippen LogP contribution is 2.12. The van der Waals surface area contributed by atoms with Crippen LogP contribution in [-0.4, -0.2) is 29.8 Å².